The standard InChI is InChI=1S/C28H25BrN2O5S/c1-4-35-23-13-20(22(29)15-24(23)36-16-18-7-5-17(2)6-8-18)14-25-26(32)31(3)28(37-25)30-21-11-9-19(10-12-21)27(33)34/h5-15H,4,16H2,1-3H3,(H,33,34)/b25-14-,30-28?. The van der Waals surface area contributed by atoms with Crippen LogP contribution in [0.3, 0.4) is 0 Å². The summed E-state index contributed by atoms with van der Waals surface area (Å²) in [5, 5.41) is 9.57. The predicted molar refractivity (Wildman–Crippen MR) is 150 cm³/mol. The molecule has 1 N–H and O–H groups in total. The van der Waals surface area contributed by atoms with E-state index in [1.165, 1.54) is 34.4 Å². The van der Waals surface area contributed by atoms with Crippen LogP contribution in [0.4, 0.5) is 5.69 Å². The molecule has 0 spiro atoms. The summed E-state index contributed by atoms with van der Waals surface area (Å²) < 4.78 is 12.6. The Morgan fingerprint density at radius 3 is 2.41 bits per heavy atom. The largest absolute Gasteiger partial charge is 0.490 e. The zero-order valence-corrected chi connectivity index (χ0v) is 22.9. The second kappa shape index (κ2) is 11.7. The molecule has 37 heavy (non-hydrogen) atoms. The van der Waals surface area contributed by atoms with E-state index < -0.39 is 5.97 Å². The molecule has 0 radical (unpaired) electrons. The molecule has 190 valence electrons. The van der Waals surface area contributed by atoms with E-state index in [9.17, 15) is 9.59 Å². The summed E-state index contributed by atoms with van der Waals surface area (Å²) in [4.78, 5) is 30.5. The van der Waals surface area contributed by atoms with Crippen molar-refractivity contribution < 1.29 is 24.2 Å². The van der Waals surface area contributed by atoms with E-state index in [-0.39, 0.29) is 11.5 Å². The number of hydrogen-bond acceptors (Lipinski definition) is 6. The van der Waals surface area contributed by atoms with Crippen LogP contribution in [-0.4, -0.2) is 40.7 Å². The number of aliphatic imine (C=N–C) groups is 1. The smallest absolute Gasteiger partial charge is 0.335 e. The second-order valence-corrected chi connectivity index (χ2v) is 10.1. The average Bonchev–Trinajstić information content (AvgIpc) is 3.14. The lowest BCUT2D eigenvalue weighted by Gasteiger charge is -2.14. The van der Waals surface area contributed by atoms with Gasteiger partial charge in [0.1, 0.15) is 6.61 Å². The third-order valence-corrected chi connectivity index (χ3v) is 7.25. The van der Waals surface area contributed by atoms with E-state index in [1.54, 1.807) is 25.3 Å². The Balaban J connectivity index is 1.57. The van der Waals surface area contributed by atoms with Gasteiger partial charge in [-0.05, 0) is 79.2 Å². The van der Waals surface area contributed by atoms with Gasteiger partial charge in [0, 0.05) is 11.5 Å². The Bertz CT molecular complexity index is 1380. The van der Waals surface area contributed by atoms with E-state index in [2.05, 4.69) is 20.9 Å². The van der Waals surface area contributed by atoms with Gasteiger partial charge in [-0.1, -0.05) is 45.8 Å². The second-order valence-electron chi connectivity index (χ2n) is 8.25. The van der Waals surface area contributed by atoms with E-state index >= 15 is 0 Å². The van der Waals surface area contributed by atoms with Gasteiger partial charge in [-0.2, -0.15) is 0 Å². The van der Waals surface area contributed by atoms with Crippen LogP contribution in [0.2, 0.25) is 0 Å². The van der Waals surface area contributed by atoms with E-state index in [1.807, 2.05) is 50.2 Å². The molecule has 0 aliphatic carbocycles. The molecule has 4 rings (SSSR count). The maximum atomic E-state index is 12.9. The fourth-order valence-electron chi connectivity index (χ4n) is 3.47. The first-order valence-electron chi connectivity index (χ1n) is 11.5. The minimum atomic E-state index is -1.00. The molecule has 0 unspecified atom stereocenters. The van der Waals surface area contributed by atoms with Crippen molar-refractivity contribution in [3.8, 4) is 11.5 Å². The number of thioether (sulfide) groups is 1. The number of benzene rings is 3. The van der Waals surface area contributed by atoms with Crippen LogP contribution >= 0.6 is 27.7 Å². The molecule has 1 amide bonds. The Kier molecular flexibility index (Phi) is 8.35. The van der Waals surface area contributed by atoms with Gasteiger partial charge in [-0.25, -0.2) is 9.79 Å². The van der Waals surface area contributed by atoms with Crippen LogP contribution in [0.25, 0.3) is 6.08 Å². The summed E-state index contributed by atoms with van der Waals surface area (Å²) in [6.45, 7) is 4.81. The number of amidine groups is 1. The van der Waals surface area contributed by atoms with Crippen molar-refractivity contribution in [1.29, 1.82) is 0 Å². The van der Waals surface area contributed by atoms with E-state index in [0.717, 1.165) is 15.6 Å². The van der Waals surface area contributed by atoms with Gasteiger partial charge in [0.05, 0.1) is 22.8 Å². The lowest BCUT2D eigenvalue weighted by atomic mass is 10.1. The van der Waals surface area contributed by atoms with Gasteiger partial charge in [-0.15, -0.1) is 0 Å². The third kappa shape index (κ3) is 6.42. The van der Waals surface area contributed by atoms with Crippen molar-refractivity contribution in [2.75, 3.05) is 13.7 Å². The number of carboxylic acids is 1. The maximum absolute atomic E-state index is 12.9. The summed E-state index contributed by atoms with van der Waals surface area (Å²) >= 11 is 4.85. The molecule has 3 aromatic rings. The monoisotopic (exact) mass is 580 g/mol. The highest BCUT2D eigenvalue weighted by atomic mass is 79.9. The number of aryl methyl sites for hydroxylation is 1. The van der Waals surface area contributed by atoms with Crippen molar-refractivity contribution in [3.05, 3.63) is 92.3 Å². The van der Waals surface area contributed by atoms with E-state index in [0.29, 0.717) is 40.5 Å². The first kappa shape index (κ1) is 26.5. The fraction of sp³-hybridized carbons (Fsp3) is 0.179. The number of hydrogen-bond donors (Lipinski definition) is 1. The lowest BCUT2D eigenvalue weighted by molar-refractivity contribution is -0.121. The molecular weight excluding hydrogens is 556 g/mol. The number of ether oxygens (including phenoxy) is 2. The molecule has 0 atom stereocenters. The highest BCUT2D eigenvalue weighted by Crippen LogP contribution is 2.38. The molecule has 7 nitrogen and oxygen atoms in total. The topological polar surface area (TPSA) is 88.4 Å². The molecule has 1 fully saturated rings. The molecule has 3 aromatic carbocycles. The van der Waals surface area contributed by atoms with Crippen molar-refractivity contribution in [2.45, 2.75) is 20.5 Å². The zero-order valence-electron chi connectivity index (χ0n) is 20.5. The summed E-state index contributed by atoms with van der Waals surface area (Å²) in [6, 6.07) is 18.0. The lowest BCUT2D eigenvalue weighted by Crippen LogP contribution is -2.23. The van der Waals surface area contributed by atoms with Gasteiger partial charge < -0.3 is 14.6 Å². The van der Waals surface area contributed by atoms with Crippen LogP contribution < -0.4 is 9.47 Å². The summed E-state index contributed by atoms with van der Waals surface area (Å²) in [5.41, 5.74) is 3.74. The molecule has 1 aliphatic rings. The Morgan fingerprint density at radius 2 is 1.76 bits per heavy atom. The minimum Gasteiger partial charge on any atom is -0.490 e. The van der Waals surface area contributed by atoms with Crippen LogP contribution in [0.5, 0.6) is 11.5 Å². The first-order chi connectivity index (χ1) is 17.7. The van der Waals surface area contributed by atoms with Crippen molar-refractivity contribution in [3.63, 3.8) is 0 Å². The van der Waals surface area contributed by atoms with Gasteiger partial charge in [0.15, 0.2) is 16.7 Å². The number of amides is 1. The third-order valence-electron chi connectivity index (χ3n) is 5.51. The predicted octanol–water partition coefficient (Wildman–Crippen LogP) is 6.67. The fourth-order valence-corrected chi connectivity index (χ4v) is 4.88. The molecule has 9 heteroatoms. The average molecular weight is 581 g/mol. The van der Waals surface area contributed by atoms with Gasteiger partial charge >= 0.3 is 5.97 Å². The quantitative estimate of drug-likeness (QED) is 0.299. The number of nitrogens with zero attached hydrogens (tertiary/aromatic N) is 2. The van der Waals surface area contributed by atoms with E-state index in [4.69, 9.17) is 14.6 Å². The molecule has 1 heterocycles. The number of carboxylic acid groups (broad SMARTS) is 1. The molecule has 1 saturated heterocycles. The molecule has 0 bridgehead atoms. The highest BCUT2D eigenvalue weighted by Gasteiger charge is 2.30. The van der Waals surface area contributed by atoms with Gasteiger partial charge in [0.2, 0.25) is 0 Å². The number of carbonyl (C=O) groups is 2. The van der Waals surface area contributed by atoms with Gasteiger partial charge in [0.25, 0.3) is 5.91 Å². The number of halogens is 1. The van der Waals surface area contributed by atoms with Crippen molar-refractivity contribution in [1.82, 2.24) is 4.90 Å². The number of rotatable bonds is 8. The first-order valence-corrected chi connectivity index (χ1v) is 13.1. The van der Waals surface area contributed by atoms with Crippen LogP contribution in [0, 0.1) is 6.92 Å². The zero-order chi connectivity index (χ0) is 26.5. The Labute approximate surface area is 227 Å². The molecular formula is C28H25BrN2O5S. The van der Waals surface area contributed by atoms with Gasteiger partial charge in [-0.3, -0.25) is 9.69 Å². The SMILES string of the molecule is CCOc1cc(/C=C2\SC(=Nc3ccc(C(=O)O)cc3)N(C)C2=O)c(Br)cc1OCc1ccc(C)cc1. The van der Waals surface area contributed by atoms with Crippen molar-refractivity contribution in [2.24, 2.45) is 4.99 Å². The number of carbonyl (C=O) groups excluding carboxylic acids is 1. The summed E-state index contributed by atoms with van der Waals surface area (Å²) in [5.74, 6) is -0.00195. The number of aromatic carboxylic acids is 1. The normalized spacial score (nSPS) is 15.5. The Morgan fingerprint density at radius 1 is 1.08 bits per heavy atom. The van der Waals surface area contributed by atoms with Crippen LogP contribution in [0.1, 0.15) is 34.0 Å². The molecule has 0 aromatic heterocycles. The number of likely N-dealkylation sites (N-methyl/N-ethyl adjacent to an activating group) is 1. The van der Waals surface area contributed by atoms with Crippen LogP contribution in [-0.2, 0) is 11.4 Å². The van der Waals surface area contributed by atoms with Crippen molar-refractivity contribution >= 4 is 56.5 Å². The summed E-state index contributed by atoms with van der Waals surface area (Å²) in [7, 11) is 1.66. The minimum absolute atomic E-state index is 0.175. The highest BCUT2D eigenvalue weighted by molar-refractivity contribution is 9.10. The van der Waals surface area contributed by atoms with Crippen LogP contribution in [0.15, 0.2) is 75.0 Å². The summed E-state index contributed by atoms with van der Waals surface area (Å²) in [6.07, 6.45) is 1.79. The Hall–Kier alpha value is -3.56. The maximum Gasteiger partial charge on any atom is 0.335 e. The molecule has 0 saturated carbocycles. The molecule has 1 aliphatic heterocycles.